The Morgan fingerprint density at radius 1 is 1.44 bits per heavy atom. The highest BCUT2D eigenvalue weighted by Gasteiger charge is 2.47. The fraction of sp³-hybridized carbons (Fsp3) is 0.333. The van der Waals surface area contributed by atoms with Crippen molar-refractivity contribution < 1.29 is 19.1 Å². The lowest BCUT2D eigenvalue weighted by atomic mass is 9.63. The molecule has 0 amide bonds. The molecule has 0 unspecified atom stereocenters. The summed E-state index contributed by atoms with van der Waals surface area (Å²) in [5.41, 5.74) is -0.408. The van der Waals surface area contributed by atoms with Gasteiger partial charge >= 0.3 is 5.97 Å². The van der Waals surface area contributed by atoms with Gasteiger partial charge in [-0.2, -0.15) is 0 Å². The van der Waals surface area contributed by atoms with Crippen molar-refractivity contribution in [1.29, 1.82) is 0 Å². The van der Waals surface area contributed by atoms with Crippen LogP contribution in [-0.4, -0.2) is 17.4 Å². The second-order valence-electron chi connectivity index (χ2n) is 4.09. The number of hydrogen-bond donors (Lipinski definition) is 1. The lowest BCUT2D eigenvalue weighted by Gasteiger charge is -2.38. The standard InChI is InChI=1S/C12H11FO3/c13-9-2-3-10(8(6-9)7-14)12(11(15)16)4-1-5-12/h2-3,6-7H,1,4-5H2,(H,15,16). The molecule has 0 atom stereocenters. The second-order valence-corrected chi connectivity index (χ2v) is 4.09. The number of rotatable bonds is 3. The van der Waals surface area contributed by atoms with Gasteiger partial charge in [-0.1, -0.05) is 12.5 Å². The first-order valence-corrected chi connectivity index (χ1v) is 5.09. The first kappa shape index (κ1) is 10.8. The number of halogens is 1. The van der Waals surface area contributed by atoms with Crippen molar-refractivity contribution in [3.8, 4) is 0 Å². The summed E-state index contributed by atoms with van der Waals surface area (Å²) in [4.78, 5) is 22.1. The molecule has 84 valence electrons. The fourth-order valence-electron chi connectivity index (χ4n) is 2.20. The minimum Gasteiger partial charge on any atom is -0.481 e. The number of hydrogen-bond acceptors (Lipinski definition) is 2. The number of carboxylic acid groups (broad SMARTS) is 1. The molecule has 1 fully saturated rings. The Hall–Kier alpha value is -1.71. The van der Waals surface area contributed by atoms with E-state index in [1.165, 1.54) is 12.1 Å². The zero-order valence-electron chi connectivity index (χ0n) is 8.57. The summed E-state index contributed by atoms with van der Waals surface area (Å²) < 4.78 is 12.9. The molecule has 0 aliphatic heterocycles. The Morgan fingerprint density at radius 2 is 2.12 bits per heavy atom. The Balaban J connectivity index is 2.54. The molecule has 1 aromatic carbocycles. The Labute approximate surface area is 91.9 Å². The predicted molar refractivity (Wildman–Crippen MR) is 55.0 cm³/mol. The normalized spacial score (nSPS) is 17.6. The molecule has 0 spiro atoms. The lowest BCUT2D eigenvalue weighted by molar-refractivity contribution is -0.147. The maximum atomic E-state index is 12.9. The molecule has 1 saturated carbocycles. The molecule has 0 heterocycles. The average Bonchev–Trinajstić information content (AvgIpc) is 2.17. The van der Waals surface area contributed by atoms with Gasteiger partial charge in [-0.25, -0.2) is 4.39 Å². The van der Waals surface area contributed by atoms with Gasteiger partial charge in [0.2, 0.25) is 0 Å². The van der Waals surface area contributed by atoms with E-state index in [2.05, 4.69) is 0 Å². The number of carboxylic acids is 1. The third kappa shape index (κ3) is 1.41. The van der Waals surface area contributed by atoms with Gasteiger partial charge in [0.25, 0.3) is 0 Å². The first-order valence-electron chi connectivity index (χ1n) is 5.09. The number of benzene rings is 1. The Bertz CT molecular complexity index is 450. The van der Waals surface area contributed by atoms with Crippen LogP contribution < -0.4 is 0 Å². The highest BCUT2D eigenvalue weighted by molar-refractivity contribution is 5.88. The maximum Gasteiger partial charge on any atom is 0.314 e. The van der Waals surface area contributed by atoms with Gasteiger partial charge in [0.05, 0.1) is 5.41 Å². The zero-order chi connectivity index (χ0) is 11.8. The molecule has 0 saturated heterocycles. The van der Waals surface area contributed by atoms with E-state index in [1.54, 1.807) is 0 Å². The number of aldehydes is 1. The first-order chi connectivity index (χ1) is 7.60. The van der Waals surface area contributed by atoms with Crippen LogP contribution in [0.1, 0.15) is 35.2 Å². The van der Waals surface area contributed by atoms with Gasteiger partial charge in [-0.3, -0.25) is 9.59 Å². The maximum absolute atomic E-state index is 12.9. The van der Waals surface area contributed by atoms with Gasteiger partial charge in [0.15, 0.2) is 0 Å². The van der Waals surface area contributed by atoms with Crippen LogP contribution in [0.3, 0.4) is 0 Å². The van der Waals surface area contributed by atoms with Gasteiger partial charge < -0.3 is 5.11 Å². The van der Waals surface area contributed by atoms with Gasteiger partial charge in [-0.05, 0) is 30.5 Å². The van der Waals surface area contributed by atoms with Crippen LogP contribution in [0.15, 0.2) is 18.2 Å². The monoisotopic (exact) mass is 222 g/mol. The number of aliphatic carboxylic acids is 1. The molecule has 16 heavy (non-hydrogen) atoms. The van der Waals surface area contributed by atoms with Crippen molar-refractivity contribution in [1.82, 2.24) is 0 Å². The smallest absolute Gasteiger partial charge is 0.314 e. The molecule has 4 heteroatoms. The molecule has 2 rings (SSSR count). The van der Waals surface area contributed by atoms with Crippen LogP contribution in [0.5, 0.6) is 0 Å². The van der Waals surface area contributed by atoms with E-state index in [0.717, 1.165) is 12.5 Å². The summed E-state index contributed by atoms with van der Waals surface area (Å²) >= 11 is 0. The van der Waals surface area contributed by atoms with Gasteiger partial charge in [0.1, 0.15) is 12.1 Å². The molecule has 0 bridgehead atoms. The molecule has 3 nitrogen and oxygen atoms in total. The highest BCUT2D eigenvalue weighted by Crippen LogP contribution is 2.45. The summed E-state index contributed by atoms with van der Waals surface area (Å²) in [7, 11) is 0. The van der Waals surface area contributed by atoms with E-state index in [0.29, 0.717) is 24.7 Å². The van der Waals surface area contributed by atoms with Crippen LogP contribution in [0, 0.1) is 5.82 Å². The van der Waals surface area contributed by atoms with E-state index in [9.17, 15) is 19.1 Å². The Kier molecular flexibility index (Phi) is 2.50. The zero-order valence-corrected chi connectivity index (χ0v) is 8.57. The van der Waals surface area contributed by atoms with Crippen molar-refractivity contribution in [2.45, 2.75) is 24.7 Å². The topological polar surface area (TPSA) is 54.4 Å². The van der Waals surface area contributed by atoms with E-state index in [1.807, 2.05) is 0 Å². The van der Waals surface area contributed by atoms with Crippen LogP contribution >= 0.6 is 0 Å². The summed E-state index contributed by atoms with van der Waals surface area (Å²) in [5, 5.41) is 9.22. The van der Waals surface area contributed by atoms with Crippen LogP contribution in [0.2, 0.25) is 0 Å². The summed E-state index contributed by atoms with van der Waals surface area (Å²) in [5.74, 6) is -1.46. The van der Waals surface area contributed by atoms with E-state index < -0.39 is 17.2 Å². The fourth-order valence-corrected chi connectivity index (χ4v) is 2.20. The third-order valence-corrected chi connectivity index (χ3v) is 3.27. The van der Waals surface area contributed by atoms with Crippen molar-refractivity contribution in [3.05, 3.63) is 35.1 Å². The minimum absolute atomic E-state index is 0.141. The van der Waals surface area contributed by atoms with Crippen molar-refractivity contribution in [2.24, 2.45) is 0 Å². The second kappa shape index (κ2) is 3.70. The number of carbonyl (C=O) groups is 2. The lowest BCUT2D eigenvalue weighted by Crippen LogP contribution is -2.43. The molecule has 0 radical (unpaired) electrons. The molecule has 1 aromatic rings. The molecule has 0 aromatic heterocycles. The van der Waals surface area contributed by atoms with Gasteiger partial charge in [0, 0.05) is 5.56 Å². The molecule has 1 aliphatic rings. The molecule has 1 N–H and O–H groups in total. The summed E-state index contributed by atoms with van der Waals surface area (Å²) in [6.45, 7) is 0. The molecular weight excluding hydrogens is 211 g/mol. The van der Waals surface area contributed by atoms with Crippen molar-refractivity contribution in [2.75, 3.05) is 0 Å². The average molecular weight is 222 g/mol. The quantitative estimate of drug-likeness (QED) is 0.797. The third-order valence-electron chi connectivity index (χ3n) is 3.27. The van der Waals surface area contributed by atoms with Crippen LogP contribution in [0.25, 0.3) is 0 Å². The van der Waals surface area contributed by atoms with Crippen molar-refractivity contribution in [3.63, 3.8) is 0 Å². The summed E-state index contributed by atoms with van der Waals surface area (Å²) in [6.07, 6.45) is 2.35. The largest absolute Gasteiger partial charge is 0.481 e. The highest BCUT2D eigenvalue weighted by atomic mass is 19.1. The predicted octanol–water partition coefficient (Wildman–Crippen LogP) is 2.14. The Morgan fingerprint density at radius 3 is 2.56 bits per heavy atom. The van der Waals surface area contributed by atoms with Crippen LogP contribution in [-0.2, 0) is 10.2 Å². The molecule has 1 aliphatic carbocycles. The van der Waals surface area contributed by atoms with Crippen molar-refractivity contribution >= 4 is 12.3 Å². The van der Waals surface area contributed by atoms with E-state index in [4.69, 9.17) is 0 Å². The number of carbonyl (C=O) groups excluding carboxylic acids is 1. The van der Waals surface area contributed by atoms with Gasteiger partial charge in [-0.15, -0.1) is 0 Å². The SMILES string of the molecule is O=Cc1cc(F)ccc1C1(C(=O)O)CCC1. The van der Waals surface area contributed by atoms with E-state index >= 15 is 0 Å². The summed E-state index contributed by atoms with van der Waals surface area (Å²) in [6, 6.07) is 3.70. The molecular formula is C12H11FO3. The van der Waals surface area contributed by atoms with Crippen LogP contribution in [0.4, 0.5) is 4.39 Å². The minimum atomic E-state index is -0.982. The van der Waals surface area contributed by atoms with E-state index in [-0.39, 0.29) is 5.56 Å².